The van der Waals surface area contributed by atoms with E-state index in [9.17, 15) is 5.11 Å². The van der Waals surface area contributed by atoms with Crippen LogP contribution in [0.4, 0.5) is 0 Å². The zero-order valence-corrected chi connectivity index (χ0v) is 22.5. The molecule has 0 spiro atoms. The fraction of sp³-hybridized carbons (Fsp3) is 0.483. The van der Waals surface area contributed by atoms with Crippen molar-refractivity contribution >= 4 is 0 Å². The predicted octanol–water partition coefficient (Wildman–Crippen LogP) is 5.38. The Morgan fingerprint density at radius 1 is 0.889 bits per heavy atom. The van der Waals surface area contributed by atoms with Gasteiger partial charge in [0.1, 0.15) is 5.69 Å². The average Bonchev–Trinajstić information content (AvgIpc) is 3.14. The van der Waals surface area contributed by atoms with E-state index in [1.165, 1.54) is 0 Å². The second kappa shape index (κ2) is 13.4. The maximum Gasteiger partial charge on any atom is 0.222 e. The second-order valence-corrected chi connectivity index (χ2v) is 10.0. The Hall–Kier alpha value is -2.87. The molecule has 0 aliphatic carbocycles. The molecule has 7 nitrogen and oxygen atoms in total. The number of para-hydroxylation sites is 2. The number of nitrogens with zero attached hydrogens (tertiary/aromatic N) is 3. The number of aryl methyl sites for hydroxylation is 1. The number of aromatic nitrogens is 2. The molecule has 1 atom stereocenters. The normalized spacial score (nSPS) is 12.5. The van der Waals surface area contributed by atoms with Crippen molar-refractivity contribution in [2.24, 2.45) is 18.9 Å². The van der Waals surface area contributed by atoms with Gasteiger partial charge in [-0.15, -0.1) is 0 Å². The maximum atomic E-state index is 10.8. The first-order valence-corrected chi connectivity index (χ1v) is 12.7. The molecule has 0 saturated heterocycles. The van der Waals surface area contributed by atoms with Gasteiger partial charge in [-0.1, -0.05) is 70.2 Å². The van der Waals surface area contributed by atoms with Crippen LogP contribution >= 0.6 is 0 Å². The Labute approximate surface area is 215 Å². The van der Waals surface area contributed by atoms with E-state index < -0.39 is 6.10 Å². The molecule has 1 heterocycles. The van der Waals surface area contributed by atoms with Gasteiger partial charge in [-0.25, -0.2) is 4.68 Å². The number of hydrogen-bond acceptors (Lipinski definition) is 6. The summed E-state index contributed by atoms with van der Waals surface area (Å²) in [6.45, 7) is 11.4. The third-order valence-corrected chi connectivity index (χ3v) is 5.65. The van der Waals surface area contributed by atoms with Gasteiger partial charge in [-0.3, -0.25) is 4.90 Å². The van der Waals surface area contributed by atoms with Crippen molar-refractivity contribution in [3.63, 3.8) is 0 Å². The molecule has 0 aliphatic rings. The molecule has 3 rings (SSSR count). The highest BCUT2D eigenvalue weighted by Crippen LogP contribution is 2.37. The van der Waals surface area contributed by atoms with Crippen LogP contribution in [0.25, 0.3) is 11.3 Å². The quantitative estimate of drug-likeness (QED) is 0.324. The van der Waals surface area contributed by atoms with Crippen LogP contribution in [0.1, 0.15) is 33.3 Å². The van der Waals surface area contributed by atoms with Crippen LogP contribution in [0.15, 0.2) is 54.6 Å². The van der Waals surface area contributed by atoms with Gasteiger partial charge in [0.2, 0.25) is 5.88 Å². The van der Waals surface area contributed by atoms with Crippen LogP contribution in [-0.2, 0) is 18.3 Å². The second-order valence-electron chi connectivity index (χ2n) is 10.0. The van der Waals surface area contributed by atoms with E-state index in [1.807, 2.05) is 49.5 Å². The van der Waals surface area contributed by atoms with Gasteiger partial charge in [-0.2, -0.15) is 5.10 Å². The van der Waals surface area contributed by atoms with Crippen LogP contribution in [0.5, 0.6) is 17.4 Å². The highest BCUT2D eigenvalue weighted by Gasteiger charge is 2.24. The number of benzene rings is 2. The molecule has 0 bridgehead atoms. The number of ether oxygens (including phenoxy) is 3. The molecule has 0 unspecified atom stereocenters. The molecule has 0 fully saturated rings. The van der Waals surface area contributed by atoms with Crippen molar-refractivity contribution in [3.8, 4) is 28.6 Å². The molecule has 0 radical (unpaired) electrons. The molecule has 0 amide bonds. The zero-order chi connectivity index (χ0) is 26.1. The summed E-state index contributed by atoms with van der Waals surface area (Å²) in [6.07, 6.45) is -0.585. The third kappa shape index (κ3) is 7.82. The molecule has 0 saturated carbocycles. The van der Waals surface area contributed by atoms with Crippen molar-refractivity contribution in [2.75, 3.05) is 33.4 Å². The van der Waals surface area contributed by atoms with E-state index in [4.69, 9.17) is 19.3 Å². The van der Waals surface area contributed by atoms with Crippen molar-refractivity contribution in [3.05, 3.63) is 60.2 Å². The van der Waals surface area contributed by atoms with Gasteiger partial charge in [0, 0.05) is 38.9 Å². The van der Waals surface area contributed by atoms with Crippen LogP contribution in [-0.4, -0.2) is 59.3 Å². The van der Waals surface area contributed by atoms with Crippen LogP contribution in [0, 0.1) is 11.8 Å². The largest absolute Gasteiger partial charge is 0.493 e. The lowest BCUT2D eigenvalue weighted by atomic mass is 10.1. The molecule has 7 heteroatoms. The molecular formula is C29H41N3O4. The number of hydrogen-bond donors (Lipinski definition) is 1. The lowest BCUT2D eigenvalue weighted by molar-refractivity contribution is 0.00516. The smallest absolute Gasteiger partial charge is 0.222 e. The van der Waals surface area contributed by atoms with Gasteiger partial charge in [0.25, 0.3) is 0 Å². The number of methoxy groups -OCH3 is 1. The number of aliphatic hydroxyl groups is 1. The van der Waals surface area contributed by atoms with Crippen molar-refractivity contribution < 1.29 is 19.3 Å². The molecular weight excluding hydrogens is 454 g/mol. The Morgan fingerprint density at radius 3 is 2.19 bits per heavy atom. The van der Waals surface area contributed by atoms with Crippen molar-refractivity contribution in [1.29, 1.82) is 0 Å². The molecule has 0 aliphatic heterocycles. The summed E-state index contributed by atoms with van der Waals surface area (Å²) in [5.74, 6) is 2.79. The van der Waals surface area contributed by atoms with E-state index in [0.29, 0.717) is 55.5 Å². The van der Waals surface area contributed by atoms with Gasteiger partial charge < -0.3 is 19.3 Å². The summed E-state index contributed by atoms with van der Waals surface area (Å²) in [7, 11) is 3.52. The highest BCUT2D eigenvalue weighted by atomic mass is 16.5. The standard InChI is InChI=1S/C29H41N3O4/c1-21(2)16-32(17-24(33)20-35-19-22(3)4)18-25-28(23-12-8-7-9-13-23)30-31(5)29(25)36-27-15-11-10-14-26(27)34-6/h7-15,21-22,24,33H,16-20H2,1-6H3/t24-/m1/s1. The lowest BCUT2D eigenvalue weighted by Gasteiger charge is -2.27. The maximum absolute atomic E-state index is 10.8. The minimum atomic E-state index is -0.585. The molecule has 2 aromatic carbocycles. The van der Waals surface area contributed by atoms with E-state index in [2.05, 4.69) is 44.7 Å². The zero-order valence-electron chi connectivity index (χ0n) is 22.5. The van der Waals surface area contributed by atoms with Crippen molar-refractivity contribution in [1.82, 2.24) is 14.7 Å². The fourth-order valence-electron chi connectivity index (χ4n) is 4.19. The van der Waals surface area contributed by atoms with Crippen LogP contribution in [0.2, 0.25) is 0 Å². The molecule has 1 aromatic heterocycles. The van der Waals surface area contributed by atoms with Gasteiger partial charge >= 0.3 is 0 Å². The van der Waals surface area contributed by atoms with Gasteiger partial charge in [0.15, 0.2) is 11.5 Å². The third-order valence-electron chi connectivity index (χ3n) is 5.65. The number of aliphatic hydroxyl groups excluding tert-OH is 1. The van der Waals surface area contributed by atoms with Gasteiger partial charge in [-0.05, 0) is 24.0 Å². The Balaban J connectivity index is 1.95. The molecule has 196 valence electrons. The summed E-state index contributed by atoms with van der Waals surface area (Å²) in [6, 6.07) is 17.7. The minimum Gasteiger partial charge on any atom is -0.493 e. The van der Waals surface area contributed by atoms with E-state index in [1.54, 1.807) is 11.8 Å². The van der Waals surface area contributed by atoms with Crippen LogP contribution in [0.3, 0.4) is 0 Å². The Bertz CT molecular complexity index is 1070. The fourth-order valence-corrected chi connectivity index (χ4v) is 4.19. The van der Waals surface area contributed by atoms with Crippen molar-refractivity contribution in [2.45, 2.75) is 40.3 Å². The molecule has 3 aromatic rings. The minimum absolute atomic E-state index is 0.315. The van der Waals surface area contributed by atoms with E-state index in [0.717, 1.165) is 23.4 Å². The highest BCUT2D eigenvalue weighted by molar-refractivity contribution is 5.66. The molecule has 1 N–H and O–H groups in total. The predicted molar refractivity (Wildman–Crippen MR) is 143 cm³/mol. The monoisotopic (exact) mass is 495 g/mol. The van der Waals surface area contributed by atoms with Crippen LogP contribution < -0.4 is 9.47 Å². The molecule has 36 heavy (non-hydrogen) atoms. The van der Waals surface area contributed by atoms with E-state index in [-0.39, 0.29) is 0 Å². The summed E-state index contributed by atoms with van der Waals surface area (Å²) in [5.41, 5.74) is 2.84. The average molecular weight is 496 g/mol. The summed E-state index contributed by atoms with van der Waals surface area (Å²) >= 11 is 0. The first-order chi connectivity index (χ1) is 17.3. The van der Waals surface area contributed by atoms with E-state index >= 15 is 0 Å². The summed E-state index contributed by atoms with van der Waals surface area (Å²) < 4.78 is 19.4. The lowest BCUT2D eigenvalue weighted by Crippen LogP contribution is -2.37. The Kier molecular flexibility index (Phi) is 10.3. The SMILES string of the molecule is COc1ccccc1Oc1c(CN(CC(C)C)C[C@@H](O)COCC(C)C)c(-c2ccccc2)nn1C. The topological polar surface area (TPSA) is 69.0 Å². The van der Waals surface area contributed by atoms with Gasteiger partial charge in [0.05, 0.1) is 25.4 Å². The first-order valence-electron chi connectivity index (χ1n) is 12.7. The summed E-state index contributed by atoms with van der Waals surface area (Å²) in [4.78, 5) is 2.26. The Morgan fingerprint density at radius 2 is 1.56 bits per heavy atom. The number of rotatable bonds is 14. The first kappa shape index (κ1) is 27.7. The summed E-state index contributed by atoms with van der Waals surface area (Å²) in [5, 5.41) is 15.6.